The third-order valence-corrected chi connectivity index (χ3v) is 3.56. The maximum Gasteiger partial charge on any atom is 0.0666 e. The molecule has 2 unspecified atom stereocenters. The minimum atomic E-state index is 0.0386. The maximum atomic E-state index is 8.70. The lowest BCUT2D eigenvalue weighted by atomic mass is 10.1. The molecule has 1 aromatic rings. The molecule has 2 atom stereocenters. The lowest BCUT2D eigenvalue weighted by Gasteiger charge is -2.16. The Labute approximate surface area is 113 Å². The Kier molecular flexibility index (Phi) is 5.47. The summed E-state index contributed by atoms with van der Waals surface area (Å²) in [5.41, 5.74) is 1.20. The second-order valence-corrected chi connectivity index (χ2v) is 5.60. The van der Waals surface area contributed by atoms with E-state index in [2.05, 4.69) is 56.2 Å². The highest BCUT2D eigenvalue weighted by Crippen LogP contribution is 2.26. The second-order valence-electron chi connectivity index (χ2n) is 3.83. The molecule has 0 aromatic heterocycles. The number of nitrogens with zero attached hydrogens (tertiary/aromatic N) is 1. The van der Waals surface area contributed by atoms with Gasteiger partial charge < -0.3 is 5.32 Å². The number of nitriles is 1. The van der Waals surface area contributed by atoms with Crippen LogP contribution in [0, 0.1) is 17.2 Å². The van der Waals surface area contributed by atoms with Gasteiger partial charge in [0.05, 0.1) is 12.0 Å². The predicted molar refractivity (Wildman–Crippen MR) is 73.0 cm³/mol. The summed E-state index contributed by atoms with van der Waals surface area (Å²) in [5.74, 6) is 0.0386. The zero-order valence-electron chi connectivity index (χ0n) is 9.30. The molecular weight excluding hydrogens is 332 g/mol. The monoisotopic (exact) mass is 344 g/mol. The lowest BCUT2D eigenvalue weighted by Crippen LogP contribution is -2.24. The van der Waals surface area contributed by atoms with Crippen LogP contribution in [0.3, 0.4) is 0 Å². The molecule has 0 aliphatic carbocycles. The number of benzene rings is 1. The molecule has 0 radical (unpaired) electrons. The van der Waals surface area contributed by atoms with Gasteiger partial charge in [0.2, 0.25) is 0 Å². The Balaban J connectivity index is 2.66. The van der Waals surface area contributed by atoms with Crippen molar-refractivity contribution in [1.82, 2.24) is 5.32 Å². The largest absolute Gasteiger partial charge is 0.309 e. The summed E-state index contributed by atoms with van der Waals surface area (Å²) in [5, 5.41) is 12.0. The fraction of sp³-hybridized carbons (Fsp3) is 0.417. The van der Waals surface area contributed by atoms with Gasteiger partial charge >= 0.3 is 0 Å². The van der Waals surface area contributed by atoms with Gasteiger partial charge in [-0.1, -0.05) is 37.9 Å². The smallest absolute Gasteiger partial charge is 0.0666 e. The summed E-state index contributed by atoms with van der Waals surface area (Å²) in [4.78, 5) is 0. The number of hydrogen-bond acceptors (Lipinski definition) is 2. The SMILES string of the molecule is CC(C#N)CNC(C)c1ccc(Br)cc1Br. The molecule has 0 fully saturated rings. The Morgan fingerprint density at radius 1 is 1.38 bits per heavy atom. The van der Waals surface area contributed by atoms with Crippen LogP contribution in [0.1, 0.15) is 25.5 Å². The van der Waals surface area contributed by atoms with E-state index in [1.54, 1.807) is 0 Å². The molecule has 16 heavy (non-hydrogen) atoms. The highest BCUT2D eigenvalue weighted by molar-refractivity contribution is 9.11. The maximum absolute atomic E-state index is 8.70. The molecule has 4 heteroatoms. The minimum Gasteiger partial charge on any atom is -0.309 e. The number of hydrogen-bond donors (Lipinski definition) is 1. The van der Waals surface area contributed by atoms with Crippen LogP contribution < -0.4 is 5.32 Å². The molecule has 0 heterocycles. The third-order valence-electron chi connectivity index (χ3n) is 2.38. The first kappa shape index (κ1) is 13.7. The summed E-state index contributed by atoms with van der Waals surface area (Å²) in [6.45, 7) is 4.72. The van der Waals surface area contributed by atoms with Crippen LogP contribution in [0.2, 0.25) is 0 Å². The van der Waals surface area contributed by atoms with Gasteiger partial charge in [0.25, 0.3) is 0 Å². The van der Waals surface area contributed by atoms with Gasteiger partial charge in [-0.15, -0.1) is 0 Å². The number of halogens is 2. The summed E-state index contributed by atoms with van der Waals surface area (Å²) >= 11 is 6.96. The van der Waals surface area contributed by atoms with Crippen molar-refractivity contribution in [2.24, 2.45) is 5.92 Å². The summed E-state index contributed by atoms with van der Waals surface area (Å²) in [7, 11) is 0. The van der Waals surface area contributed by atoms with Crippen molar-refractivity contribution < 1.29 is 0 Å². The van der Waals surface area contributed by atoms with Crippen LogP contribution in [0.5, 0.6) is 0 Å². The van der Waals surface area contributed by atoms with E-state index < -0.39 is 0 Å². The Morgan fingerprint density at radius 2 is 2.06 bits per heavy atom. The molecule has 0 spiro atoms. The van der Waals surface area contributed by atoms with E-state index >= 15 is 0 Å². The lowest BCUT2D eigenvalue weighted by molar-refractivity contribution is 0.526. The molecule has 2 nitrogen and oxygen atoms in total. The van der Waals surface area contributed by atoms with Gasteiger partial charge in [0.15, 0.2) is 0 Å². The fourth-order valence-electron chi connectivity index (χ4n) is 1.36. The van der Waals surface area contributed by atoms with Crippen LogP contribution in [0.15, 0.2) is 27.1 Å². The quantitative estimate of drug-likeness (QED) is 0.894. The highest BCUT2D eigenvalue weighted by Gasteiger charge is 2.10. The van der Waals surface area contributed by atoms with Crippen molar-refractivity contribution in [2.75, 3.05) is 6.54 Å². The molecule has 0 saturated carbocycles. The summed E-state index contributed by atoms with van der Waals surface area (Å²) in [6, 6.07) is 8.57. The van der Waals surface area contributed by atoms with Crippen LogP contribution in [0.25, 0.3) is 0 Å². The van der Waals surface area contributed by atoms with Crippen molar-refractivity contribution in [3.05, 3.63) is 32.7 Å². The van der Waals surface area contributed by atoms with E-state index in [0.29, 0.717) is 6.54 Å². The van der Waals surface area contributed by atoms with Gasteiger partial charge in [0.1, 0.15) is 0 Å². The Bertz CT molecular complexity index is 398. The molecule has 0 aliphatic heterocycles. The average molecular weight is 346 g/mol. The normalized spacial score (nSPS) is 14.2. The number of rotatable bonds is 4. The first-order valence-corrected chi connectivity index (χ1v) is 6.71. The molecule has 0 aliphatic rings. The predicted octanol–water partition coefficient (Wildman–Crippen LogP) is 4.02. The van der Waals surface area contributed by atoms with Crippen molar-refractivity contribution in [2.45, 2.75) is 19.9 Å². The van der Waals surface area contributed by atoms with Gasteiger partial charge in [-0.2, -0.15) is 5.26 Å². The average Bonchev–Trinajstić information content (AvgIpc) is 2.25. The highest BCUT2D eigenvalue weighted by atomic mass is 79.9. The molecule has 0 saturated heterocycles. The van der Waals surface area contributed by atoms with Crippen molar-refractivity contribution in [3.8, 4) is 6.07 Å². The van der Waals surface area contributed by atoms with Gasteiger partial charge in [-0.3, -0.25) is 0 Å². The van der Waals surface area contributed by atoms with Crippen molar-refractivity contribution in [3.63, 3.8) is 0 Å². The Hall–Kier alpha value is -0.370. The van der Waals surface area contributed by atoms with Crippen molar-refractivity contribution >= 4 is 31.9 Å². The fourth-order valence-corrected chi connectivity index (χ4v) is 2.75. The van der Waals surface area contributed by atoms with Crippen LogP contribution >= 0.6 is 31.9 Å². The number of nitrogens with one attached hydrogen (secondary N) is 1. The van der Waals surface area contributed by atoms with E-state index in [4.69, 9.17) is 5.26 Å². The Morgan fingerprint density at radius 3 is 2.62 bits per heavy atom. The van der Waals surface area contributed by atoms with Gasteiger partial charge in [0, 0.05) is 21.5 Å². The molecular formula is C12H14Br2N2. The van der Waals surface area contributed by atoms with Crippen LogP contribution in [-0.2, 0) is 0 Å². The van der Waals surface area contributed by atoms with E-state index in [-0.39, 0.29) is 12.0 Å². The van der Waals surface area contributed by atoms with E-state index in [1.165, 1.54) is 5.56 Å². The molecule has 0 amide bonds. The van der Waals surface area contributed by atoms with E-state index in [0.717, 1.165) is 8.95 Å². The van der Waals surface area contributed by atoms with E-state index in [1.807, 2.05) is 19.1 Å². The van der Waals surface area contributed by atoms with Gasteiger partial charge in [-0.25, -0.2) is 0 Å². The first-order chi connectivity index (χ1) is 7.54. The summed E-state index contributed by atoms with van der Waals surface area (Å²) < 4.78 is 2.13. The third kappa shape index (κ3) is 3.89. The zero-order chi connectivity index (χ0) is 12.1. The van der Waals surface area contributed by atoms with Gasteiger partial charge in [-0.05, 0) is 31.5 Å². The van der Waals surface area contributed by atoms with E-state index in [9.17, 15) is 0 Å². The van der Waals surface area contributed by atoms with Crippen LogP contribution in [0.4, 0.5) is 0 Å². The molecule has 86 valence electrons. The minimum absolute atomic E-state index is 0.0386. The first-order valence-electron chi connectivity index (χ1n) is 5.12. The molecule has 1 aromatic carbocycles. The zero-order valence-corrected chi connectivity index (χ0v) is 12.5. The molecule has 1 N–H and O–H groups in total. The molecule has 0 bridgehead atoms. The summed E-state index contributed by atoms with van der Waals surface area (Å²) in [6.07, 6.45) is 0. The van der Waals surface area contributed by atoms with Crippen LogP contribution in [-0.4, -0.2) is 6.54 Å². The standard InChI is InChI=1S/C12H14Br2N2/c1-8(6-15)7-16-9(2)11-4-3-10(13)5-12(11)14/h3-5,8-9,16H,7H2,1-2H3. The second kappa shape index (κ2) is 6.39. The van der Waals surface area contributed by atoms with Crippen molar-refractivity contribution in [1.29, 1.82) is 5.26 Å². The molecule has 1 rings (SSSR count). The topological polar surface area (TPSA) is 35.8 Å².